The van der Waals surface area contributed by atoms with Crippen molar-refractivity contribution in [3.63, 3.8) is 0 Å². The number of amides is 2. The standard InChI is InChI=1S/C15H23N3O2/c1-11(14(20)18-15(2,3)4)17-13(19)9-8-12-7-5-6-10-16-12/h5-7,10-11H,8-9H2,1-4H3,(H,17,19)(H,18,20). The van der Waals surface area contributed by atoms with Gasteiger partial charge in [-0.05, 0) is 46.2 Å². The van der Waals surface area contributed by atoms with Gasteiger partial charge in [0.15, 0.2) is 0 Å². The molecule has 5 nitrogen and oxygen atoms in total. The van der Waals surface area contributed by atoms with E-state index in [0.29, 0.717) is 12.8 Å². The van der Waals surface area contributed by atoms with Gasteiger partial charge in [-0.1, -0.05) is 6.07 Å². The second kappa shape index (κ2) is 7.03. The van der Waals surface area contributed by atoms with Gasteiger partial charge in [-0.15, -0.1) is 0 Å². The smallest absolute Gasteiger partial charge is 0.242 e. The van der Waals surface area contributed by atoms with Crippen LogP contribution in [0.3, 0.4) is 0 Å². The highest BCUT2D eigenvalue weighted by Crippen LogP contribution is 2.01. The second-order valence-corrected chi connectivity index (χ2v) is 5.85. The van der Waals surface area contributed by atoms with E-state index in [9.17, 15) is 9.59 Å². The van der Waals surface area contributed by atoms with E-state index >= 15 is 0 Å². The highest BCUT2D eigenvalue weighted by molar-refractivity contribution is 5.87. The number of nitrogens with one attached hydrogen (secondary N) is 2. The Morgan fingerprint density at radius 3 is 2.55 bits per heavy atom. The van der Waals surface area contributed by atoms with E-state index in [0.717, 1.165) is 5.69 Å². The van der Waals surface area contributed by atoms with Gasteiger partial charge in [0.2, 0.25) is 11.8 Å². The van der Waals surface area contributed by atoms with Crippen LogP contribution in [0.2, 0.25) is 0 Å². The monoisotopic (exact) mass is 277 g/mol. The summed E-state index contributed by atoms with van der Waals surface area (Å²) in [7, 11) is 0. The van der Waals surface area contributed by atoms with Crippen molar-refractivity contribution in [1.82, 2.24) is 15.6 Å². The third kappa shape index (κ3) is 6.31. The first-order valence-electron chi connectivity index (χ1n) is 6.79. The average Bonchev–Trinajstić information content (AvgIpc) is 2.35. The minimum Gasteiger partial charge on any atom is -0.350 e. The molecule has 0 radical (unpaired) electrons. The number of carbonyl (C=O) groups excluding carboxylic acids is 2. The summed E-state index contributed by atoms with van der Waals surface area (Å²) in [6.45, 7) is 7.39. The number of pyridine rings is 1. The van der Waals surface area contributed by atoms with E-state index < -0.39 is 6.04 Å². The Morgan fingerprint density at radius 2 is 2.00 bits per heavy atom. The molecule has 110 valence electrons. The molecule has 20 heavy (non-hydrogen) atoms. The van der Waals surface area contributed by atoms with Crippen molar-refractivity contribution >= 4 is 11.8 Å². The molecule has 0 bridgehead atoms. The molecule has 2 amide bonds. The number of rotatable bonds is 5. The van der Waals surface area contributed by atoms with Gasteiger partial charge < -0.3 is 10.6 Å². The molecule has 1 rings (SSSR count). The minimum absolute atomic E-state index is 0.146. The topological polar surface area (TPSA) is 71.1 Å². The van der Waals surface area contributed by atoms with E-state index in [-0.39, 0.29) is 17.4 Å². The molecular formula is C15H23N3O2. The predicted octanol–water partition coefficient (Wildman–Crippen LogP) is 1.43. The van der Waals surface area contributed by atoms with Gasteiger partial charge in [0.05, 0.1) is 0 Å². The van der Waals surface area contributed by atoms with Crippen molar-refractivity contribution in [2.45, 2.75) is 52.1 Å². The molecule has 0 spiro atoms. The first-order chi connectivity index (χ1) is 9.28. The Labute approximate surface area is 120 Å². The molecule has 0 aliphatic rings. The van der Waals surface area contributed by atoms with E-state index in [2.05, 4.69) is 15.6 Å². The van der Waals surface area contributed by atoms with Crippen LogP contribution >= 0.6 is 0 Å². The molecule has 1 heterocycles. The molecule has 2 N–H and O–H groups in total. The highest BCUT2D eigenvalue weighted by Gasteiger charge is 2.20. The van der Waals surface area contributed by atoms with Crippen molar-refractivity contribution in [3.8, 4) is 0 Å². The highest BCUT2D eigenvalue weighted by atomic mass is 16.2. The first kappa shape index (κ1) is 16.1. The Balaban J connectivity index is 2.36. The molecule has 0 aromatic carbocycles. The van der Waals surface area contributed by atoms with Crippen molar-refractivity contribution in [1.29, 1.82) is 0 Å². The summed E-state index contributed by atoms with van der Waals surface area (Å²) in [6.07, 6.45) is 2.59. The van der Waals surface area contributed by atoms with E-state index in [4.69, 9.17) is 0 Å². The van der Waals surface area contributed by atoms with Gasteiger partial charge in [-0.3, -0.25) is 14.6 Å². The fraction of sp³-hybridized carbons (Fsp3) is 0.533. The molecule has 0 fully saturated rings. The van der Waals surface area contributed by atoms with Crippen LogP contribution in [0, 0.1) is 0 Å². The largest absolute Gasteiger partial charge is 0.350 e. The molecule has 0 aliphatic carbocycles. The van der Waals surface area contributed by atoms with Crippen LogP contribution in [0.15, 0.2) is 24.4 Å². The maximum absolute atomic E-state index is 11.8. The summed E-state index contributed by atoms with van der Waals surface area (Å²) in [4.78, 5) is 27.8. The quantitative estimate of drug-likeness (QED) is 0.855. The molecule has 0 saturated carbocycles. The zero-order chi connectivity index (χ0) is 15.2. The summed E-state index contributed by atoms with van der Waals surface area (Å²) in [6, 6.07) is 5.07. The Hall–Kier alpha value is -1.91. The number of carbonyl (C=O) groups is 2. The van der Waals surface area contributed by atoms with Crippen LogP contribution in [-0.4, -0.2) is 28.4 Å². The lowest BCUT2D eigenvalue weighted by atomic mass is 10.1. The average molecular weight is 277 g/mol. The van der Waals surface area contributed by atoms with Gasteiger partial charge in [0.1, 0.15) is 6.04 Å². The predicted molar refractivity (Wildman–Crippen MR) is 78.1 cm³/mol. The van der Waals surface area contributed by atoms with E-state index in [1.807, 2.05) is 39.0 Å². The van der Waals surface area contributed by atoms with Crippen LogP contribution < -0.4 is 10.6 Å². The molecule has 0 saturated heterocycles. The summed E-state index contributed by atoms with van der Waals surface area (Å²) in [5.74, 6) is -0.323. The van der Waals surface area contributed by atoms with Crippen molar-refractivity contribution in [2.24, 2.45) is 0 Å². The van der Waals surface area contributed by atoms with Gasteiger partial charge in [0, 0.05) is 23.9 Å². The Bertz CT molecular complexity index is 452. The normalized spacial score (nSPS) is 12.6. The first-order valence-corrected chi connectivity index (χ1v) is 6.79. The fourth-order valence-corrected chi connectivity index (χ4v) is 1.64. The molecule has 1 atom stereocenters. The third-order valence-corrected chi connectivity index (χ3v) is 2.60. The van der Waals surface area contributed by atoms with Crippen molar-refractivity contribution < 1.29 is 9.59 Å². The number of hydrogen-bond acceptors (Lipinski definition) is 3. The lowest BCUT2D eigenvalue weighted by Gasteiger charge is -2.23. The second-order valence-electron chi connectivity index (χ2n) is 5.85. The lowest BCUT2D eigenvalue weighted by molar-refractivity contribution is -0.129. The molecule has 0 aliphatic heterocycles. The SMILES string of the molecule is CC(NC(=O)CCc1ccccn1)C(=O)NC(C)(C)C. The van der Waals surface area contributed by atoms with Crippen LogP contribution in [0.5, 0.6) is 0 Å². The van der Waals surface area contributed by atoms with E-state index in [1.165, 1.54) is 0 Å². The molecular weight excluding hydrogens is 254 g/mol. The maximum Gasteiger partial charge on any atom is 0.242 e. The summed E-state index contributed by atoms with van der Waals surface area (Å²) < 4.78 is 0. The van der Waals surface area contributed by atoms with Gasteiger partial charge in [0.25, 0.3) is 0 Å². The number of nitrogens with zero attached hydrogens (tertiary/aromatic N) is 1. The van der Waals surface area contributed by atoms with Crippen LogP contribution in [0.25, 0.3) is 0 Å². The van der Waals surface area contributed by atoms with Crippen LogP contribution in [-0.2, 0) is 16.0 Å². The van der Waals surface area contributed by atoms with Gasteiger partial charge in [-0.2, -0.15) is 0 Å². The summed E-state index contributed by atoms with van der Waals surface area (Å²) in [5, 5.41) is 5.53. The van der Waals surface area contributed by atoms with Gasteiger partial charge in [-0.25, -0.2) is 0 Å². The molecule has 1 aromatic heterocycles. The van der Waals surface area contributed by atoms with Crippen molar-refractivity contribution in [2.75, 3.05) is 0 Å². The van der Waals surface area contributed by atoms with E-state index in [1.54, 1.807) is 13.1 Å². The summed E-state index contributed by atoms with van der Waals surface area (Å²) >= 11 is 0. The zero-order valence-electron chi connectivity index (χ0n) is 12.6. The molecule has 1 unspecified atom stereocenters. The number of aromatic nitrogens is 1. The summed E-state index contributed by atoms with van der Waals surface area (Å²) in [5.41, 5.74) is 0.568. The van der Waals surface area contributed by atoms with Crippen LogP contribution in [0.1, 0.15) is 39.8 Å². The molecule has 5 heteroatoms. The van der Waals surface area contributed by atoms with Gasteiger partial charge >= 0.3 is 0 Å². The fourth-order valence-electron chi connectivity index (χ4n) is 1.64. The van der Waals surface area contributed by atoms with Crippen molar-refractivity contribution in [3.05, 3.63) is 30.1 Å². The Kier molecular flexibility index (Phi) is 5.67. The lowest BCUT2D eigenvalue weighted by Crippen LogP contribution is -2.50. The number of hydrogen-bond donors (Lipinski definition) is 2. The number of aryl methyl sites for hydroxylation is 1. The zero-order valence-corrected chi connectivity index (χ0v) is 12.6. The Morgan fingerprint density at radius 1 is 1.30 bits per heavy atom. The third-order valence-electron chi connectivity index (χ3n) is 2.60. The minimum atomic E-state index is -0.537. The maximum atomic E-state index is 11.8. The molecule has 1 aromatic rings. The van der Waals surface area contributed by atoms with Crippen LogP contribution in [0.4, 0.5) is 0 Å².